The van der Waals surface area contributed by atoms with Crippen molar-refractivity contribution in [2.24, 2.45) is 5.92 Å². The molecule has 2 atom stereocenters. The van der Waals surface area contributed by atoms with Crippen molar-refractivity contribution >= 4 is 22.8 Å². The van der Waals surface area contributed by atoms with Crippen LogP contribution < -0.4 is 0 Å². The van der Waals surface area contributed by atoms with Crippen molar-refractivity contribution in [2.45, 2.75) is 38.8 Å². The summed E-state index contributed by atoms with van der Waals surface area (Å²) < 4.78 is 2.05. The van der Waals surface area contributed by atoms with Crippen LogP contribution in [0.4, 0.5) is 0 Å². The van der Waals surface area contributed by atoms with Crippen molar-refractivity contribution in [2.75, 3.05) is 6.54 Å². The Morgan fingerprint density at radius 3 is 2.83 bits per heavy atom. The number of fused-ring (bicyclic) bond motifs is 1. The fourth-order valence-corrected chi connectivity index (χ4v) is 3.37. The maximum atomic E-state index is 12.5. The summed E-state index contributed by atoms with van der Waals surface area (Å²) in [6, 6.07) is 9.40. The lowest BCUT2D eigenvalue weighted by Crippen LogP contribution is -2.49. The molecule has 1 amide bonds. The lowest BCUT2D eigenvalue weighted by atomic mass is 9.92. The van der Waals surface area contributed by atoms with Gasteiger partial charge in [-0.05, 0) is 36.3 Å². The van der Waals surface area contributed by atoms with Gasteiger partial charge in [-0.2, -0.15) is 0 Å². The second kappa shape index (κ2) is 6.44. The SMILES string of the molecule is CC1CCN(C(=O)CCn2ccc3ccccc32)C(C(=O)O)C1. The normalized spacial score (nSPS) is 21.5. The molecule has 3 rings (SSSR count). The molecule has 1 fully saturated rings. The van der Waals surface area contributed by atoms with Crippen molar-refractivity contribution in [3.8, 4) is 0 Å². The first-order valence-corrected chi connectivity index (χ1v) is 8.12. The number of carboxylic acid groups (broad SMARTS) is 1. The summed E-state index contributed by atoms with van der Waals surface area (Å²) in [5, 5.41) is 10.5. The molecule has 122 valence electrons. The third-order valence-electron chi connectivity index (χ3n) is 4.72. The second-order valence-electron chi connectivity index (χ2n) is 6.39. The number of hydrogen-bond acceptors (Lipinski definition) is 2. The molecule has 1 aliphatic rings. The highest BCUT2D eigenvalue weighted by molar-refractivity contribution is 5.84. The average molecular weight is 314 g/mol. The van der Waals surface area contributed by atoms with Gasteiger partial charge in [-0.1, -0.05) is 25.1 Å². The third-order valence-corrected chi connectivity index (χ3v) is 4.72. The molecule has 1 saturated heterocycles. The Morgan fingerprint density at radius 1 is 1.26 bits per heavy atom. The molecule has 2 unspecified atom stereocenters. The minimum absolute atomic E-state index is 0.0675. The van der Waals surface area contributed by atoms with Crippen LogP contribution in [0.15, 0.2) is 36.5 Å². The minimum atomic E-state index is -0.892. The van der Waals surface area contributed by atoms with Gasteiger partial charge in [-0.25, -0.2) is 4.79 Å². The maximum Gasteiger partial charge on any atom is 0.326 e. The number of carbonyl (C=O) groups is 2. The highest BCUT2D eigenvalue weighted by Crippen LogP contribution is 2.24. The van der Waals surface area contributed by atoms with Gasteiger partial charge in [0.05, 0.1) is 0 Å². The van der Waals surface area contributed by atoms with E-state index in [1.54, 1.807) is 4.90 Å². The van der Waals surface area contributed by atoms with Crippen LogP contribution in [0.25, 0.3) is 10.9 Å². The van der Waals surface area contributed by atoms with Gasteiger partial charge in [0.1, 0.15) is 6.04 Å². The van der Waals surface area contributed by atoms with Crippen molar-refractivity contribution in [1.82, 2.24) is 9.47 Å². The minimum Gasteiger partial charge on any atom is -0.480 e. The van der Waals surface area contributed by atoms with Crippen LogP contribution in [0.2, 0.25) is 0 Å². The van der Waals surface area contributed by atoms with Gasteiger partial charge in [0.25, 0.3) is 0 Å². The van der Waals surface area contributed by atoms with Crippen LogP contribution in [-0.4, -0.2) is 39.0 Å². The molecular formula is C18H22N2O3. The van der Waals surface area contributed by atoms with Crippen molar-refractivity contribution in [3.05, 3.63) is 36.5 Å². The number of aromatic nitrogens is 1. The molecule has 1 aliphatic heterocycles. The van der Waals surface area contributed by atoms with E-state index in [0.29, 0.717) is 31.8 Å². The molecule has 23 heavy (non-hydrogen) atoms. The predicted molar refractivity (Wildman–Crippen MR) is 88.1 cm³/mol. The van der Waals surface area contributed by atoms with Gasteiger partial charge < -0.3 is 14.6 Å². The van der Waals surface area contributed by atoms with E-state index in [2.05, 4.69) is 4.57 Å². The van der Waals surface area contributed by atoms with Gasteiger partial charge in [0, 0.05) is 31.2 Å². The summed E-state index contributed by atoms with van der Waals surface area (Å²) in [4.78, 5) is 25.5. The Morgan fingerprint density at radius 2 is 2.04 bits per heavy atom. The van der Waals surface area contributed by atoms with E-state index in [-0.39, 0.29) is 5.91 Å². The Bertz CT molecular complexity index is 722. The van der Waals surface area contributed by atoms with E-state index in [4.69, 9.17) is 0 Å². The number of carboxylic acids is 1. The van der Waals surface area contributed by atoms with Crippen LogP contribution in [-0.2, 0) is 16.1 Å². The summed E-state index contributed by atoms with van der Waals surface area (Å²) in [6.45, 7) is 3.16. The zero-order valence-corrected chi connectivity index (χ0v) is 13.3. The number of benzene rings is 1. The van der Waals surface area contributed by atoms with Gasteiger partial charge >= 0.3 is 5.97 Å². The van der Waals surface area contributed by atoms with Crippen LogP contribution in [0.5, 0.6) is 0 Å². The summed E-state index contributed by atoms with van der Waals surface area (Å²) in [6.07, 6.45) is 3.73. The smallest absolute Gasteiger partial charge is 0.326 e. The number of aliphatic carboxylic acids is 1. The van der Waals surface area contributed by atoms with Crippen molar-refractivity contribution in [3.63, 3.8) is 0 Å². The first-order chi connectivity index (χ1) is 11.1. The van der Waals surface area contributed by atoms with E-state index in [9.17, 15) is 14.7 Å². The molecule has 1 aromatic heterocycles. The molecule has 0 radical (unpaired) electrons. The fourth-order valence-electron chi connectivity index (χ4n) is 3.37. The van der Waals surface area contributed by atoms with Crippen molar-refractivity contribution in [1.29, 1.82) is 0 Å². The van der Waals surface area contributed by atoms with Crippen LogP contribution in [0.3, 0.4) is 0 Å². The Kier molecular flexibility index (Phi) is 4.37. The zero-order chi connectivity index (χ0) is 16.4. The lowest BCUT2D eigenvalue weighted by Gasteiger charge is -2.36. The number of rotatable bonds is 4. The number of piperidine rings is 1. The molecule has 0 spiro atoms. The molecule has 1 N–H and O–H groups in total. The summed E-state index contributed by atoms with van der Waals surface area (Å²) in [7, 11) is 0. The van der Waals surface area contributed by atoms with Crippen LogP contribution in [0.1, 0.15) is 26.2 Å². The summed E-state index contributed by atoms with van der Waals surface area (Å²) >= 11 is 0. The number of hydrogen-bond donors (Lipinski definition) is 1. The number of para-hydroxylation sites is 1. The Hall–Kier alpha value is -2.30. The standard InChI is InChI=1S/C18H22N2O3/c1-13-6-11-20(16(12-13)18(22)23)17(21)8-10-19-9-7-14-4-2-3-5-15(14)19/h2-5,7,9,13,16H,6,8,10-12H2,1H3,(H,22,23). The highest BCUT2D eigenvalue weighted by atomic mass is 16.4. The first-order valence-electron chi connectivity index (χ1n) is 8.12. The van der Waals surface area contributed by atoms with Gasteiger partial charge in [-0.3, -0.25) is 4.79 Å². The molecule has 5 nitrogen and oxygen atoms in total. The lowest BCUT2D eigenvalue weighted by molar-refractivity contribution is -0.153. The Labute approximate surface area is 135 Å². The quantitative estimate of drug-likeness (QED) is 0.944. The number of likely N-dealkylation sites (tertiary alicyclic amines) is 1. The average Bonchev–Trinajstić information content (AvgIpc) is 2.95. The monoisotopic (exact) mass is 314 g/mol. The third kappa shape index (κ3) is 3.23. The molecular weight excluding hydrogens is 292 g/mol. The van der Waals surface area contributed by atoms with Crippen LogP contribution in [0, 0.1) is 5.92 Å². The molecule has 0 bridgehead atoms. The topological polar surface area (TPSA) is 62.5 Å². The number of amides is 1. The van der Waals surface area contributed by atoms with E-state index in [1.807, 2.05) is 43.5 Å². The Balaban J connectivity index is 1.67. The van der Waals surface area contributed by atoms with E-state index in [0.717, 1.165) is 17.3 Å². The second-order valence-corrected chi connectivity index (χ2v) is 6.39. The fraction of sp³-hybridized carbons (Fsp3) is 0.444. The zero-order valence-electron chi connectivity index (χ0n) is 13.3. The molecule has 2 heterocycles. The maximum absolute atomic E-state index is 12.5. The summed E-state index contributed by atoms with van der Waals surface area (Å²) in [5.74, 6) is -0.605. The number of carbonyl (C=O) groups excluding carboxylic acids is 1. The van der Waals surface area contributed by atoms with Gasteiger partial charge in [0.15, 0.2) is 0 Å². The van der Waals surface area contributed by atoms with Gasteiger partial charge in [-0.15, -0.1) is 0 Å². The van der Waals surface area contributed by atoms with E-state index < -0.39 is 12.0 Å². The van der Waals surface area contributed by atoms with Crippen molar-refractivity contribution < 1.29 is 14.7 Å². The largest absolute Gasteiger partial charge is 0.480 e. The molecule has 5 heteroatoms. The van der Waals surface area contributed by atoms with Gasteiger partial charge in [0.2, 0.25) is 5.91 Å². The van der Waals surface area contributed by atoms with E-state index in [1.165, 1.54) is 0 Å². The van der Waals surface area contributed by atoms with E-state index >= 15 is 0 Å². The van der Waals surface area contributed by atoms with Crippen LogP contribution >= 0.6 is 0 Å². The first kappa shape index (κ1) is 15.6. The molecule has 0 aliphatic carbocycles. The molecule has 1 aromatic carbocycles. The summed E-state index contributed by atoms with van der Waals surface area (Å²) in [5.41, 5.74) is 1.10. The number of aryl methyl sites for hydroxylation is 1. The predicted octanol–water partition coefficient (Wildman–Crippen LogP) is 2.74. The number of nitrogens with zero attached hydrogens (tertiary/aromatic N) is 2. The molecule has 0 saturated carbocycles. The highest BCUT2D eigenvalue weighted by Gasteiger charge is 2.34. The molecule has 2 aromatic rings.